The van der Waals surface area contributed by atoms with E-state index in [1.165, 1.54) is 0 Å². The summed E-state index contributed by atoms with van der Waals surface area (Å²) < 4.78 is 0. The van der Waals surface area contributed by atoms with E-state index in [2.05, 4.69) is 0 Å². The number of hydrogen-bond donors (Lipinski definition) is 10. The average Bonchev–Trinajstić information content (AvgIpc) is 1.94. The van der Waals surface area contributed by atoms with E-state index >= 15 is 0 Å². The molecule has 0 amide bonds. The van der Waals surface area contributed by atoms with Crippen LogP contribution in [-0.2, 0) is 0 Å². The summed E-state index contributed by atoms with van der Waals surface area (Å²) in [5, 5.41) is 79.6. The summed E-state index contributed by atoms with van der Waals surface area (Å²) >= 11 is 0. The Kier molecular flexibility index (Phi) is 71.3. The molecule has 22 heavy (non-hydrogen) atoms. The van der Waals surface area contributed by atoms with Gasteiger partial charge in [-0.3, -0.25) is 0 Å². The number of hydrogen-bond acceptors (Lipinski definition) is 11. The minimum Gasteiger partial charge on any atom is -0.738 e. The molecule has 0 spiro atoms. The number of rotatable bonds is 0. The third-order valence-electron chi connectivity index (χ3n) is 0. The first-order chi connectivity index (χ1) is 8.66. The summed E-state index contributed by atoms with van der Waals surface area (Å²) in [6, 6.07) is 0. The Balaban J connectivity index is -0.0000000250. The van der Waals surface area contributed by atoms with Crippen LogP contribution in [0.25, 0.3) is 0 Å². The fourth-order valence-electron chi connectivity index (χ4n) is 0. The van der Waals surface area contributed by atoms with E-state index in [0.717, 1.165) is 0 Å². The van der Waals surface area contributed by atoms with Crippen molar-refractivity contribution in [2.75, 3.05) is 0 Å². The zero-order chi connectivity index (χ0) is 17.9. The van der Waals surface area contributed by atoms with E-state index in [0.29, 0.717) is 0 Å². The minimum absolute atomic E-state index is 0. The molecule has 0 aromatic heterocycles. The maximum absolute atomic E-state index is 8.47. The molecule has 0 atom stereocenters. The van der Waals surface area contributed by atoms with E-state index in [9.17, 15) is 0 Å². The minimum atomic E-state index is -1.25. The summed E-state index contributed by atoms with van der Waals surface area (Å²) in [6.07, 6.45) is 0. The summed E-state index contributed by atoms with van der Waals surface area (Å²) in [5.41, 5.74) is 0. The largest absolute Gasteiger partial charge is 0.738 e. The second-order valence-electron chi connectivity index (χ2n) is 1.26. The molecule has 22 heteroatoms. The van der Waals surface area contributed by atoms with Crippen LogP contribution in [0.1, 0.15) is 0 Å². The van der Waals surface area contributed by atoms with Crippen LogP contribution in [-0.4, -0.2) is 83.6 Å². The molecule has 0 bridgehead atoms. The maximum atomic E-state index is 8.47. The van der Waals surface area contributed by atoms with E-state index < -0.39 is 26.0 Å². The van der Waals surface area contributed by atoms with Crippen LogP contribution >= 0.6 is 0 Å². The third kappa shape index (κ3) is 2900. The smallest absolute Gasteiger partial charge is 0.472 e. The molecular formula is H12N5NdO16+. The van der Waals surface area contributed by atoms with Gasteiger partial charge in [0.1, 0.15) is 14.7 Å². The topological polar surface area (TPSA) is 347 Å². The van der Waals surface area contributed by atoms with Gasteiger partial charge in [-0.2, -0.15) is 0 Å². The van der Waals surface area contributed by atoms with Gasteiger partial charge >= 0.3 is 15.3 Å². The molecule has 0 aliphatic carbocycles. The van der Waals surface area contributed by atoms with Gasteiger partial charge in [-0.25, -0.2) is 31.2 Å². The molecule has 0 aromatic rings. The predicted octanol–water partition coefficient (Wildman–Crippen LogP) is -3.06. The quantitative estimate of drug-likeness (QED) is 0.153. The Labute approximate surface area is 149 Å². The van der Waals surface area contributed by atoms with E-state index in [4.69, 9.17) is 77.2 Å². The molecule has 0 rings (SSSR count). The van der Waals surface area contributed by atoms with Crippen molar-refractivity contribution in [2.45, 2.75) is 0 Å². The van der Waals surface area contributed by atoms with Crippen LogP contribution in [0.2, 0.25) is 0 Å². The Morgan fingerprint density at radius 2 is 0.591 bits per heavy atom. The predicted molar refractivity (Wildman–Crippen MR) is 42.8 cm³/mol. The van der Waals surface area contributed by atoms with Gasteiger partial charge in [0.25, 0.3) is 0 Å². The molecule has 0 fully saturated rings. The molecular weight excluding hydrogens is 470 g/mol. The Hall–Kier alpha value is -1.41. The van der Waals surface area contributed by atoms with Crippen molar-refractivity contribution in [3.8, 4) is 0 Å². The van der Waals surface area contributed by atoms with Crippen LogP contribution in [0.15, 0.2) is 0 Å². The SMILES string of the molecule is O.O=[N+](O)O.O=[N+](O)O.O=[N+](O)O.[Nd].[O-]N(O)O.[O-]N(O)O. The standard InChI is InChI=1S/5H2NO3.Nd.H2O/c5*2-1(3)4;;/h3*(H2,2,3,4);2*2-3H;;1H2/q3*+1;2*-1;;. The van der Waals surface area contributed by atoms with Crippen molar-refractivity contribution in [1.29, 1.82) is 0 Å². The first-order valence-corrected chi connectivity index (χ1v) is 2.91. The molecule has 136 valence electrons. The molecule has 21 nitrogen and oxygen atoms in total. The first-order valence-electron chi connectivity index (χ1n) is 2.91. The van der Waals surface area contributed by atoms with Crippen LogP contribution < -0.4 is 0 Å². The van der Waals surface area contributed by atoms with Crippen molar-refractivity contribution in [3.05, 3.63) is 25.1 Å². The van der Waals surface area contributed by atoms with Crippen molar-refractivity contribution in [3.63, 3.8) is 0 Å². The maximum Gasteiger partial charge on any atom is 0.472 e. The van der Waals surface area contributed by atoms with Crippen molar-refractivity contribution < 1.29 is 114 Å². The fraction of sp³-hybridized carbons (Fsp3) is 0. The Morgan fingerprint density at radius 1 is 0.591 bits per heavy atom. The van der Waals surface area contributed by atoms with Crippen molar-refractivity contribution >= 4 is 0 Å². The molecule has 12 N–H and O–H groups in total. The Bertz CT molecular complexity index is 175. The second-order valence-corrected chi connectivity index (χ2v) is 1.26. The van der Waals surface area contributed by atoms with Crippen LogP contribution in [0, 0.1) is 66.0 Å². The van der Waals surface area contributed by atoms with Gasteiger partial charge in [0, 0.05) is 40.8 Å². The van der Waals surface area contributed by atoms with Crippen LogP contribution in [0.5, 0.6) is 0 Å². The van der Waals surface area contributed by atoms with Crippen molar-refractivity contribution in [2.24, 2.45) is 0 Å². The summed E-state index contributed by atoms with van der Waals surface area (Å²) in [6.45, 7) is 0. The summed E-state index contributed by atoms with van der Waals surface area (Å²) in [5.74, 6) is 0. The van der Waals surface area contributed by atoms with Crippen LogP contribution in [0.3, 0.4) is 0 Å². The van der Waals surface area contributed by atoms with E-state index in [-0.39, 0.29) is 46.3 Å². The van der Waals surface area contributed by atoms with Crippen LogP contribution in [0.4, 0.5) is 0 Å². The van der Waals surface area contributed by atoms with Gasteiger partial charge in [0.2, 0.25) is 0 Å². The van der Waals surface area contributed by atoms with Gasteiger partial charge in [0.15, 0.2) is 0 Å². The molecule has 0 aliphatic rings. The van der Waals surface area contributed by atoms with Gasteiger partial charge < -0.3 is 36.7 Å². The molecule has 0 radical (unpaired) electrons. The molecule has 0 unspecified atom stereocenters. The third-order valence-corrected chi connectivity index (χ3v) is 0. The van der Waals surface area contributed by atoms with E-state index in [1.54, 1.807) is 0 Å². The molecule has 0 aromatic carbocycles. The average molecular weight is 482 g/mol. The Morgan fingerprint density at radius 3 is 0.591 bits per heavy atom. The zero-order valence-corrected chi connectivity index (χ0v) is 13.0. The fourth-order valence-corrected chi connectivity index (χ4v) is 0. The molecule has 0 saturated carbocycles. The van der Waals surface area contributed by atoms with Gasteiger partial charge in [-0.1, -0.05) is 0 Å². The van der Waals surface area contributed by atoms with Crippen molar-refractivity contribution in [1.82, 2.24) is 10.8 Å². The van der Waals surface area contributed by atoms with E-state index in [1.807, 2.05) is 0 Å². The second kappa shape index (κ2) is 36.7. The monoisotopic (exact) mass is 480 g/mol. The number of nitrogens with zero attached hydrogens (tertiary/aromatic N) is 5. The van der Waals surface area contributed by atoms with Gasteiger partial charge in [0.05, 0.1) is 0 Å². The van der Waals surface area contributed by atoms with Gasteiger partial charge in [-0.15, -0.1) is 10.8 Å². The summed E-state index contributed by atoms with van der Waals surface area (Å²) in [7, 11) is 0. The first kappa shape index (κ1) is 42.8. The normalized spacial score (nSPS) is 6.55. The molecule has 0 saturated heterocycles. The molecule has 0 heterocycles. The zero-order valence-electron chi connectivity index (χ0n) is 9.75. The summed E-state index contributed by atoms with van der Waals surface area (Å²) in [4.78, 5) is 25.4. The van der Waals surface area contributed by atoms with Gasteiger partial charge in [-0.05, 0) is 0 Å². The molecule has 0 aliphatic heterocycles.